The van der Waals surface area contributed by atoms with Crippen molar-refractivity contribution in [2.24, 2.45) is 7.05 Å². The number of aryl methyl sites for hydroxylation is 1. The highest BCUT2D eigenvalue weighted by molar-refractivity contribution is 5.70. The van der Waals surface area contributed by atoms with Gasteiger partial charge in [0.1, 0.15) is 5.82 Å². The molecule has 92 valence electrons. The van der Waals surface area contributed by atoms with E-state index in [-0.39, 0.29) is 5.82 Å². The molecule has 1 heterocycles. The third-order valence-electron chi connectivity index (χ3n) is 2.11. The summed E-state index contributed by atoms with van der Waals surface area (Å²) in [5.41, 5.74) is -0.357. The first-order valence-corrected chi connectivity index (χ1v) is 4.96. The number of rotatable bonds is 3. The summed E-state index contributed by atoms with van der Waals surface area (Å²) in [7, 11) is 1.52. The zero-order valence-corrected chi connectivity index (χ0v) is 9.62. The predicted octanol–water partition coefficient (Wildman–Crippen LogP) is 3.58. The van der Waals surface area contributed by atoms with Gasteiger partial charge in [0.15, 0.2) is 5.69 Å². The van der Waals surface area contributed by atoms with Crippen LogP contribution in [-0.2, 0) is 13.2 Å². The maximum absolute atomic E-state index is 12.5. The molecular formula is C12H13F3N2. The minimum Gasteiger partial charge on any atom is -0.333 e. The van der Waals surface area contributed by atoms with Crippen molar-refractivity contribution in [2.75, 3.05) is 0 Å². The summed E-state index contributed by atoms with van der Waals surface area (Å²) in [6, 6.07) is 0. The van der Waals surface area contributed by atoms with E-state index in [0.717, 1.165) is 6.20 Å². The van der Waals surface area contributed by atoms with Gasteiger partial charge in [-0.2, -0.15) is 13.2 Å². The zero-order chi connectivity index (χ0) is 13.1. The first-order chi connectivity index (χ1) is 7.90. The van der Waals surface area contributed by atoms with Crippen LogP contribution in [0.5, 0.6) is 0 Å². The summed E-state index contributed by atoms with van der Waals surface area (Å²) in [4.78, 5) is 3.57. The maximum Gasteiger partial charge on any atom is 0.434 e. The fraction of sp³-hybridized carbons (Fsp3) is 0.250. The normalized spacial score (nSPS) is 13.4. The van der Waals surface area contributed by atoms with Crippen LogP contribution in [0.2, 0.25) is 0 Å². The summed E-state index contributed by atoms with van der Waals surface area (Å²) in [6.45, 7) is 5.38. The van der Waals surface area contributed by atoms with Gasteiger partial charge in [-0.25, -0.2) is 4.98 Å². The molecule has 1 aromatic rings. The van der Waals surface area contributed by atoms with Crippen molar-refractivity contribution >= 4 is 5.57 Å². The Kier molecular flexibility index (Phi) is 3.93. The van der Waals surface area contributed by atoms with Gasteiger partial charge in [-0.15, -0.1) is 0 Å². The van der Waals surface area contributed by atoms with E-state index in [1.165, 1.54) is 17.7 Å². The van der Waals surface area contributed by atoms with Gasteiger partial charge in [0.25, 0.3) is 0 Å². The van der Waals surface area contributed by atoms with E-state index in [4.69, 9.17) is 0 Å². The van der Waals surface area contributed by atoms with Crippen LogP contribution in [0.1, 0.15) is 18.4 Å². The van der Waals surface area contributed by atoms with Crippen LogP contribution in [0.3, 0.4) is 0 Å². The van der Waals surface area contributed by atoms with Crippen molar-refractivity contribution in [3.8, 4) is 0 Å². The van der Waals surface area contributed by atoms with E-state index >= 15 is 0 Å². The van der Waals surface area contributed by atoms with Crippen molar-refractivity contribution in [2.45, 2.75) is 13.1 Å². The average molecular weight is 242 g/mol. The lowest BCUT2D eigenvalue weighted by Crippen LogP contribution is -2.05. The monoisotopic (exact) mass is 242 g/mol. The third-order valence-corrected chi connectivity index (χ3v) is 2.11. The molecule has 0 atom stereocenters. The number of alkyl halides is 3. The number of nitrogens with zero attached hydrogens (tertiary/aromatic N) is 2. The fourth-order valence-electron chi connectivity index (χ4n) is 1.30. The molecule has 0 unspecified atom stereocenters. The van der Waals surface area contributed by atoms with E-state index in [2.05, 4.69) is 11.6 Å². The molecule has 0 N–H and O–H groups in total. The first-order valence-electron chi connectivity index (χ1n) is 4.96. The molecule has 0 bridgehead atoms. The van der Waals surface area contributed by atoms with Crippen molar-refractivity contribution in [3.63, 3.8) is 0 Å². The molecular weight excluding hydrogens is 229 g/mol. The molecule has 0 aromatic carbocycles. The average Bonchev–Trinajstić information content (AvgIpc) is 2.62. The molecule has 0 saturated carbocycles. The molecule has 0 fully saturated rings. The molecule has 17 heavy (non-hydrogen) atoms. The Hall–Kier alpha value is -1.78. The number of imidazole rings is 1. The largest absolute Gasteiger partial charge is 0.434 e. The minimum atomic E-state index is -4.43. The predicted molar refractivity (Wildman–Crippen MR) is 61.2 cm³/mol. The Labute approximate surface area is 97.8 Å². The highest BCUT2D eigenvalue weighted by Gasteiger charge is 2.34. The smallest absolute Gasteiger partial charge is 0.333 e. The van der Waals surface area contributed by atoms with E-state index in [1.54, 1.807) is 18.2 Å². The second-order valence-electron chi connectivity index (χ2n) is 3.41. The van der Waals surface area contributed by atoms with E-state index < -0.39 is 11.9 Å². The van der Waals surface area contributed by atoms with E-state index in [1.807, 2.05) is 6.92 Å². The van der Waals surface area contributed by atoms with Crippen LogP contribution in [0, 0.1) is 0 Å². The second-order valence-corrected chi connectivity index (χ2v) is 3.41. The molecule has 0 amide bonds. The second kappa shape index (κ2) is 5.03. The molecule has 0 radical (unpaired) electrons. The van der Waals surface area contributed by atoms with Crippen LogP contribution in [0.25, 0.3) is 5.57 Å². The van der Waals surface area contributed by atoms with Crippen molar-refractivity contribution < 1.29 is 13.2 Å². The number of halogens is 3. The van der Waals surface area contributed by atoms with Gasteiger partial charge in [0, 0.05) is 18.8 Å². The molecule has 1 rings (SSSR count). The number of allylic oxidation sites excluding steroid dienone is 5. The van der Waals surface area contributed by atoms with Gasteiger partial charge >= 0.3 is 6.18 Å². The molecule has 0 saturated heterocycles. The van der Waals surface area contributed by atoms with Crippen molar-refractivity contribution in [1.82, 2.24) is 9.55 Å². The summed E-state index contributed by atoms with van der Waals surface area (Å²) in [5.74, 6) is 0.241. The third kappa shape index (κ3) is 3.09. The molecule has 0 spiro atoms. The van der Waals surface area contributed by atoms with Crippen LogP contribution in [-0.4, -0.2) is 9.55 Å². The lowest BCUT2D eigenvalue weighted by atomic mass is 10.2. The standard InChI is InChI=1S/C12H13F3N2/c1-4-6-7-9(5-2)11-16-10(8-17(11)3)12(13,14)15/h4-8H,2H2,1,3H3/b6-4-,9-7+. The summed E-state index contributed by atoms with van der Waals surface area (Å²) in [5, 5.41) is 0. The SMILES string of the molecule is C=C/C(=C\C=C/C)c1nc(C(F)(F)F)cn1C. The van der Waals surface area contributed by atoms with Crippen LogP contribution < -0.4 is 0 Å². The summed E-state index contributed by atoms with van der Waals surface area (Å²) < 4.78 is 38.7. The van der Waals surface area contributed by atoms with Gasteiger partial charge in [-0.1, -0.05) is 30.9 Å². The highest BCUT2D eigenvalue weighted by Crippen LogP contribution is 2.29. The maximum atomic E-state index is 12.5. The lowest BCUT2D eigenvalue weighted by Gasteiger charge is -2.00. The quantitative estimate of drug-likeness (QED) is 0.741. The molecule has 0 aliphatic heterocycles. The van der Waals surface area contributed by atoms with E-state index in [0.29, 0.717) is 5.57 Å². The lowest BCUT2D eigenvalue weighted by molar-refractivity contribution is -0.141. The Morgan fingerprint density at radius 1 is 1.47 bits per heavy atom. The van der Waals surface area contributed by atoms with Crippen LogP contribution in [0.15, 0.2) is 37.1 Å². The van der Waals surface area contributed by atoms with Crippen LogP contribution in [0.4, 0.5) is 13.2 Å². The summed E-state index contributed by atoms with van der Waals surface area (Å²) >= 11 is 0. The van der Waals surface area contributed by atoms with Crippen molar-refractivity contribution in [3.05, 3.63) is 48.6 Å². The summed E-state index contributed by atoms with van der Waals surface area (Å²) in [6.07, 6.45) is 3.17. The van der Waals surface area contributed by atoms with Gasteiger partial charge in [0.05, 0.1) is 0 Å². The molecule has 0 aliphatic carbocycles. The van der Waals surface area contributed by atoms with E-state index in [9.17, 15) is 13.2 Å². The molecule has 1 aromatic heterocycles. The Bertz CT molecular complexity index is 465. The van der Waals surface area contributed by atoms with Gasteiger partial charge in [-0.05, 0) is 6.92 Å². The number of hydrogen-bond donors (Lipinski definition) is 0. The fourth-order valence-corrected chi connectivity index (χ4v) is 1.30. The molecule has 5 heteroatoms. The Balaban J connectivity index is 3.23. The molecule has 2 nitrogen and oxygen atoms in total. The first kappa shape index (κ1) is 13.3. The van der Waals surface area contributed by atoms with Crippen molar-refractivity contribution in [1.29, 1.82) is 0 Å². The minimum absolute atomic E-state index is 0.241. The van der Waals surface area contributed by atoms with Gasteiger partial charge in [0.2, 0.25) is 0 Å². The Morgan fingerprint density at radius 2 is 2.12 bits per heavy atom. The van der Waals surface area contributed by atoms with Crippen LogP contribution >= 0.6 is 0 Å². The number of aromatic nitrogens is 2. The highest BCUT2D eigenvalue weighted by atomic mass is 19.4. The zero-order valence-electron chi connectivity index (χ0n) is 9.62. The Morgan fingerprint density at radius 3 is 2.53 bits per heavy atom. The number of hydrogen-bond acceptors (Lipinski definition) is 1. The van der Waals surface area contributed by atoms with Gasteiger partial charge < -0.3 is 4.57 Å². The topological polar surface area (TPSA) is 17.8 Å². The molecule has 0 aliphatic rings. The van der Waals surface area contributed by atoms with Gasteiger partial charge in [-0.3, -0.25) is 0 Å².